The number of carbonyl (C=O) groups excluding carboxylic acids is 1. The van der Waals surface area contributed by atoms with Gasteiger partial charge in [-0.05, 0) is 56.7 Å². The van der Waals surface area contributed by atoms with Crippen LogP contribution in [0.2, 0.25) is 5.02 Å². The van der Waals surface area contributed by atoms with E-state index in [1.807, 2.05) is 6.92 Å². The molecular weight excluding hydrogens is 428 g/mol. The van der Waals surface area contributed by atoms with Gasteiger partial charge in [0.15, 0.2) is 0 Å². The molecule has 0 spiro atoms. The Balaban J connectivity index is 1.75. The van der Waals surface area contributed by atoms with Crippen LogP contribution in [0.15, 0.2) is 41.4 Å². The molecule has 1 aromatic heterocycles. The average molecular weight is 461 g/mol. The highest BCUT2D eigenvalue weighted by Gasteiger charge is 2.22. The van der Waals surface area contributed by atoms with Gasteiger partial charge < -0.3 is 26.4 Å². The zero-order valence-electron chi connectivity index (χ0n) is 18.6. The summed E-state index contributed by atoms with van der Waals surface area (Å²) in [5, 5.41) is 9.90. The van der Waals surface area contributed by atoms with Gasteiger partial charge in [0.05, 0.1) is 16.7 Å². The number of aromatic nitrogens is 1. The summed E-state index contributed by atoms with van der Waals surface area (Å²) >= 11 is 6.45. The lowest BCUT2D eigenvalue weighted by atomic mass is 9.99. The third-order valence-electron chi connectivity index (χ3n) is 5.74. The predicted molar refractivity (Wildman–Crippen MR) is 129 cm³/mol. The standard InChI is InChI=1S/C23H33ClN6O2/c1-15(2)22(29-21(11-25)27-12-16-5-8-32-9-6-16)18-10-20(28-14-19(18)24)30-23(31)17-4-3-7-26-13-17/h10-11,14,16-17,26-27H,1,3-9,12-13,25H2,2H3,(H,28,30,31)/b21-11-,29-22?/t17-/m1/s1. The first-order chi connectivity index (χ1) is 15.5. The molecule has 1 atom stereocenters. The monoisotopic (exact) mass is 460 g/mol. The largest absolute Gasteiger partial charge is 0.402 e. The maximum atomic E-state index is 12.6. The normalized spacial score (nSPS) is 20.6. The Labute approximate surface area is 194 Å². The summed E-state index contributed by atoms with van der Waals surface area (Å²) in [6.07, 6.45) is 6.83. The second-order valence-corrected chi connectivity index (χ2v) is 8.72. The Kier molecular flexibility index (Phi) is 9.08. The van der Waals surface area contributed by atoms with Gasteiger partial charge in [0.2, 0.25) is 5.91 Å². The van der Waals surface area contributed by atoms with E-state index in [0.29, 0.717) is 40.4 Å². The molecule has 9 heteroatoms. The van der Waals surface area contributed by atoms with Crippen LogP contribution in [-0.2, 0) is 9.53 Å². The summed E-state index contributed by atoms with van der Waals surface area (Å²) in [6, 6.07) is 1.73. The molecule has 8 nitrogen and oxygen atoms in total. The third kappa shape index (κ3) is 6.79. The molecule has 1 aromatic rings. The fourth-order valence-electron chi connectivity index (χ4n) is 3.83. The Hall–Kier alpha value is -2.42. The van der Waals surface area contributed by atoms with E-state index in [1.165, 1.54) is 12.4 Å². The molecule has 2 saturated heterocycles. The molecule has 3 rings (SSSR count). The number of allylic oxidation sites excluding steroid dienone is 1. The second kappa shape index (κ2) is 12.0. The van der Waals surface area contributed by atoms with Gasteiger partial charge >= 0.3 is 0 Å². The van der Waals surface area contributed by atoms with Gasteiger partial charge in [0.1, 0.15) is 11.6 Å². The maximum absolute atomic E-state index is 12.6. The number of nitrogens with zero attached hydrogens (tertiary/aromatic N) is 2. The number of ether oxygens (including phenoxy) is 1. The summed E-state index contributed by atoms with van der Waals surface area (Å²) in [5.74, 6) is 1.37. The average Bonchev–Trinajstić information content (AvgIpc) is 2.82. The number of carbonyl (C=O) groups is 1. The lowest BCUT2D eigenvalue weighted by Crippen LogP contribution is -2.37. The highest BCUT2D eigenvalue weighted by atomic mass is 35.5. The van der Waals surface area contributed by atoms with Gasteiger partial charge in [-0.1, -0.05) is 18.2 Å². The van der Waals surface area contributed by atoms with Crippen LogP contribution in [0.3, 0.4) is 0 Å². The van der Waals surface area contributed by atoms with Crippen LogP contribution in [0.4, 0.5) is 5.82 Å². The minimum absolute atomic E-state index is 0.0487. The van der Waals surface area contributed by atoms with E-state index < -0.39 is 0 Å². The van der Waals surface area contributed by atoms with Crippen molar-refractivity contribution in [3.63, 3.8) is 0 Å². The van der Waals surface area contributed by atoms with Gasteiger partial charge in [-0.2, -0.15) is 0 Å². The van der Waals surface area contributed by atoms with Gasteiger partial charge in [0.25, 0.3) is 0 Å². The van der Waals surface area contributed by atoms with E-state index in [4.69, 9.17) is 27.1 Å². The SMILES string of the molecule is C=C(C)C(=N/C(=C\N)NCC1CCOCC1)c1cc(NC(=O)[C@@H]2CCCNC2)ncc1Cl. The molecule has 0 aromatic carbocycles. The lowest BCUT2D eigenvalue weighted by molar-refractivity contribution is -0.120. The van der Waals surface area contributed by atoms with Crippen molar-refractivity contribution in [2.45, 2.75) is 32.6 Å². The summed E-state index contributed by atoms with van der Waals surface area (Å²) in [6.45, 7) is 9.87. The molecule has 1 amide bonds. The number of anilines is 1. The third-order valence-corrected chi connectivity index (χ3v) is 6.04. The number of amides is 1. The molecule has 0 saturated carbocycles. The number of piperidine rings is 1. The van der Waals surface area contributed by atoms with Crippen LogP contribution in [0.1, 0.15) is 38.2 Å². The zero-order valence-corrected chi connectivity index (χ0v) is 19.4. The molecule has 3 heterocycles. The number of nitrogens with one attached hydrogen (secondary N) is 3. The van der Waals surface area contributed by atoms with E-state index in [-0.39, 0.29) is 11.8 Å². The van der Waals surface area contributed by atoms with Crippen molar-refractivity contribution >= 4 is 29.0 Å². The van der Waals surface area contributed by atoms with Crippen LogP contribution in [0.5, 0.6) is 0 Å². The van der Waals surface area contributed by atoms with E-state index >= 15 is 0 Å². The molecule has 2 aliphatic rings. The summed E-state index contributed by atoms with van der Waals surface area (Å²) < 4.78 is 5.42. The minimum atomic E-state index is -0.0693. The molecule has 5 N–H and O–H groups in total. The number of hydrogen-bond acceptors (Lipinski definition) is 7. The van der Waals surface area contributed by atoms with Crippen molar-refractivity contribution in [1.82, 2.24) is 15.6 Å². The van der Waals surface area contributed by atoms with Gasteiger partial charge in [0, 0.05) is 44.3 Å². The highest BCUT2D eigenvalue weighted by Crippen LogP contribution is 2.23. The predicted octanol–water partition coefficient (Wildman–Crippen LogP) is 2.81. The Morgan fingerprint density at radius 2 is 2.22 bits per heavy atom. The first-order valence-electron chi connectivity index (χ1n) is 11.1. The second-order valence-electron chi connectivity index (χ2n) is 8.31. The summed E-state index contributed by atoms with van der Waals surface area (Å²) in [7, 11) is 0. The number of halogens is 1. The first kappa shape index (κ1) is 24.2. The van der Waals surface area contributed by atoms with Crippen LogP contribution in [0.25, 0.3) is 0 Å². The van der Waals surface area contributed by atoms with Crippen LogP contribution >= 0.6 is 11.6 Å². The highest BCUT2D eigenvalue weighted by molar-refractivity contribution is 6.35. The quantitative estimate of drug-likeness (QED) is 0.443. The van der Waals surface area contributed by atoms with E-state index in [0.717, 1.165) is 57.6 Å². The van der Waals surface area contributed by atoms with Crippen molar-refractivity contribution in [2.75, 3.05) is 38.2 Å². The minimum Gasteiger partial charge on any atom is -0.402 e. The zero-order chi connectivity index (χ0) is 22.9. The molecule has 2 aliphatic heterocycles. The fraction of sp³-hybridized carbons (Fsp3) is 0.522. The van der Waals surface area contributed by atoms with E-state index in [9.17, 15) is 4.79 Å². The van der Waals surface area contributed by atoms with Crippen LogP contribution in [0, 0.1) is 11.8 Å². The van der Waals surface area contributed by atoms with Gasteiger partial charge in [-0.25, -0.2) is 9.98 Å². The molecule has 0 aliphatic carbocycles. The van der Waals surface area contributed by atoms with Crippen molar-refractivity contribution in [1.29, 1.82) is 0 Å². The summed E-state index contributed by atoms with van der Waals surface area (Å²) in [4.78, 5) is 21.6. The Morgan fingerprint density at radius 1 is 1.44 bits per heavy atom. The fourth-order valence-corrected chi connectivity index (χ4v) is 4.03. The lowest BCUT2D eigenvalue weighted by Gasteiger charge is -2.23. The van der Waals surface area contributed by atoms with E-state index in [2.05, 4.69) is 27.5 Å². The maximum Gasteiger partial charge on any atom is 0.229 e. The van der Waals surface area contributed by atoms with Crippen molar-refractivity contribution in [3.8, 4) is 0 Å². The molecule has 0 bridgehead atoms. The van der Waals surface area contributed by atoms with Crippen LogP contribution in [-0.4, -0.2) is 49.5 Å². The first-order valence-corrected chi connectivity index (χ1v) is 11.5. The number of hydrogen-bond donors (Lipinski definition) is 4. The van der Waals surface area contributed by atoms with E-state index in [1.54, 1.807) is 6.07 Å². The molecule has 174 valence electrons. The Morgan fingerprint density at radius 3 is 2.88 bits per heavy atom. The number of rotatable bonds is 8. The van der Waals surface area contributed by atoms with Gasteiger partial charge in [-0.3, -0.25) is 4.79 Å². The molecule has 2 fully saturated rings. The molecular formula is C23H33ClN6O2. The molecule has 0 unspecified atom stereocenters. The molecule has 32 heavy (non-hydrogen) atoms. The topological polar surface area (TPSA) is 114 Å². The van der Waals surface area contributed by atoms with Crippen molar-refractivity contribution in [2.24, 2.45) is 22.6 Å². The number of aliphatic imine (C=N–C) groups is 1. The van der Waals surface area contributed by atoms with Crippen molar-refractivity contribution in [3.05, 3.63) is 47.0 Å². The number of pyridine rings is 1. The molecule has 0 radical (unpaired) electrons. The van der Waals surface area contributed by atoms with Crippen LogP contribution < -0.4 is 21.7 Å². The smallest absolute Gasteiger partial charge is 0.229 e. The number of nitrogens with two attached hydrogens (primary N) is 1. The van der Waals surface area contributed by atoms with Crippen molar-refractivity contribution < 1.29 is 9.53 Å². The van der Waals surface area contributed by atoms with Gasteiger partial charge in [-0.15, -0.1) is 0 Å². The Bertz CT molecular complexity index is 873. The summed E-state index contributed by atoms with van der Waals surface area (Å²) in [5.41, 5.74) is 7.78.